The van der Waals surface area contributed by atoms with E-state index >= 15 is 0 Å². The van der Waals surface area contributed by atoms with Gasteiger partial charge < -0.3 is 0 Å². The van der Waals surface area contributed by atoms with E-state index in [1.54, 1.807) is 4.68 Å². The molecule has 0 saturated heterocycles. The van der Waals surface area contributed by atoms with E-state index < -0.39 is 0 Å². The lowest BCUT2D eigenvalue weighted by Crippen LogP contribution is -2.23. The molecule has 4 nitrogen and oxygen atoms in total. The lowest BCUT2D eigenvalue weighted by molar-refractivity contribution is 0.325. The van der Waals surface area contributed by atoms with Crippen molar-refractivity contribution in [3.63, 3.8) is 0 Å². The fourth-order valence-electron chi connectivity index (χ4n) is 2.27. The molecule has 0 aliphatic rings. The van der Waals surface area contributed by atoms with Gasteiger partial charge >= 0.3 is 0 Å². The van der Waals surface area contributed by atoms with Gasteiger partial charge in [0.05, 0.1) is 5.69 Å². The van der Waals surface area contributed by atoms with Gasteiger partial charge in [0, 0.05) is 12.3 Å². The number of aromatic nitrogens is 4. The van der Waals surface area contributed by atoms with E-state index in [1.807, 2.05) is 30.3 Å². The highest BCUT2D eigenvalue weighted by atomic mass is 35.5. The highest BCUT2D eigenvalue weighted by Crippen LogP contribution is 2.29. The van der Waals surface area contributed by atoms with Crippen LogP contribution in [0.4, 0.5) is 0 Å². The number of rotatable bonds is 6. The average Bonchev–Trinajstić information content (AvgIpc) is 2.88. The molecular weight excluding hydrogens is 260 g/mol. The molecule has 0 N–H and O–H groups in total. The summed E-state index contributed by atoms with van der Waals surface area (Å²) in [7, 11) is 0. The zero-order valence-corrected chi connectivity index (χ0v) is 12.1. The Balaban J connectivity index is 2.25. The first kappa shape index (κ1) is 14.0. The normalized spacial score (nSPS) is 14.3. The molecule has 0 saturated carbocycles. The Kier molecular flexibility index (Phi) is 4.53. The lowest BCUT2D eigenvalue weighted by Gasteiger charge is -2.25. The zero-order chi connectivity index (χ0) is 13.7. The maximum Gasteiger partial charge on any atom is 0.157 e. The van der Waals surface area contributed by atoms with Crippen LogP contribution in [0, 0.1) is 5.41 Å². The molecule has 1 unspecified atom stereocenters. The van der Waals surface area contributed by atoms with Gasteiger partial charge in [-0.2, -0.15) is 4.68 Å². The molecule has 0 aliphatic heterocycles. The van der Waals surface area contributed by atoms with E-state index in [0.29, 0.717) is 5.88 Å². The van der Waals surface area contributed by atoms with Crippen LogP contribution in [-0.4, -0.2) is 26.1 Å². The van der Waals surface area contributed by atoms with Crippen molar-refractivity contribution < 1.29 is 0 Å². The summed E-state index contributed by atoms with van der Waals surface area (Å²) in [5.41, 5.74) is 1.02. The van der Waals surface area contributed by atoms with Gasteiger partial charge in [-0.1, -0.05) is 38.5 Å². The Morgan fingerprint density at radius 1 is 1.26 bits per heavy atom. The van der Waals surface area contributed by atoms with Crippen LogP contribution in [-0.2, 0) is 6.42 Å². The second kappa shape index (κ2) is 6.15. The molecular formula is C14H19ClN4. The molecule has 0 radical (unpaired) electrons. The molecule has 0 spiro atoms. The Bertz CT molecular complexity index is 511. The van der Waals surface area contributed by atoms with E-state index in [4.69, 9.17) is 11.6 Å². The van der Waals surface area contributed by atoms with Crippen LogP contribution in [0.25, 0.3) is 5.69 Å². The number of halogens is 1. The molecule has 2 aromatic rings. The monoisotopic (exact) mass is 278 g/mol. The molecule has 0 amide bonds. The number of hydrogen-bond acceptors (Lipinski definition) is 3. The van der Waals surface area contributed by atoms with Crippen molar-refractivity contribution in [3.8, 4) is 5.69 Å². The van der Waals surface area contributed by atoms with Gasteiger partial charge in [0.15, 0.2) is 5.82 Å². The van der Waals surface area contributed by atoms with Crippen molar-refractivity contribution in [1.82, 2.24) is 20.2 Å². The van der Waals surface area contributed by atoms with E-state index in [9.17, 15) is 0 Å². The van der Waals surface area contributed by atoms with E-state index in [1.165, 1.54) is 0 Å². The molecule has 1 aromatic carbocycles. The number of alkyl halides is 1. The molecule has 1 atom stereocenters. The highest BCUT2D eigenvalue weighted by molar-refractivity contribution is 6.18. The van der Waals surface area contributed by atoms with Gasteiger partial charge in [0.2, 0.25) is 0 Å². The van der Waals surface area contributed by atoms with E-state index in [-0.39, 0.29) is 5.41 Å². The fraction of sp³-hybridized carbons (Fsp3) is 0.500. The van der Waals surface area contributed by atoms with Crippen molar-refractivity contribution in [2.75, 3.05) is 5.88 Å². The topological polar surface area (TPSA) is 43.6 Å². The number of tetrazole rings is 1. The van der Waals surface area contributed by atoms with E-state index in [2.05, 4.69) is 29.4 Å². The highest BCUT2D eigenvalue weighted by Gasteiger charge is 2.26. The third kappa shape index (κ3) is 3.32. The Morgan fingerprint density at radius 2 is 2.00 bits per heavy atom. The first-order valence-electron chi connectivity index (χ1n) is 6.57. The lowest BCUT2D eigenvalue weighted by atomic mass is 9.84. The molecule has 5 heteroatoms. The van der Waals surface area contributed by atoms with Crippen LogP contribution >= 0.6 is 11.6 Å². The van der Waals surface area contributed by atoms with Crippen LogP contribution in [0.3, 0.4) is 0 Å². The van der Waals surface area contributed by atoms with Crippen molar-refractivity contribution in [3.05, 3.63) is 36.2 Å². The van der Waals surface area contributed by atoms with Crippen molar-refractivity contribution in [2.45, 2.75) is 33.1 Å². The summed E-state index contributed by atoms with van der Waals surface area (Å²) in [6.07, 6.45) is 2.96. The molecule has 102 valence electrons. The molecule has 2 rings (SSSR count). The molecule has 0 bridgehead atoms. The SMILES string of the molecule is CCCC(C)(CCl)Cc1nnnn1-c1ccccc1. The zero-order valence-electron chi connectivity index (χ0n) is 11.4. The second-order valence-corrected chi connectivity index (χ2v) is 5.48. The van der Waals surface area contributed by atoms with Crippen LogP contribution in [0.15, 0.2) is 30.3 Å². The van der Waals surface area contributed by atoms with Gasteiger partial charge in [-0.15, -0.1) is 16.7 Å². The quantitative estimate of drug-likeness (QED) is 0.762. The second-order valence-electron chi connectivity index (χ2n) is 5.21. The largest absolute Gasteiger partial charge is 0.197 e. The molecule has 0 aliphatic carbocycles. The summed E-state index contributed by atoms with van der Waals surface area (Å²) in [6.45, 7) is 4.36. The van der Waals surface area contributed by atoms with Crippen molar-refractivity contribution in [1.29, 1.82) is 0 Å². The summed E-state index contributed by atoms with van der Waals surface area (Å²) < 4.78 is 1.79. The minimum Gasteiger partial charge on any atom is -0.197 e. The van der Waals surface area contributed by atoms with Crippen LogP contribution in [0.2, 0.25) is 0 Å². The molecule has 0 fully saturated rings. The average molecular weight is 279 g/mol. The fourth-order valence-corrected chi connectivity index (χ4v) is 2.50. The minimum atomic E-state index is 0.0392. The standard InChI is InChI=1S/C14H19ClN4/c1-3-9-14(2,11-15)10-13-16-17-18-19(13)12-7-5-4-6-8-12/h4-8H,3,9-11H2,1-2H3. The number of benzene rings is 1. The van der Waals surface area contributed by atoms with Gasteiger partial charge in [-0.05, 0) is 34.4 Å². The molecule has 1 heterocycles. The third-order valence-corrected chi connectivity index (χ3v) is 3.94. The summed E-state index contributed by atoms with van der Waals surface area (Å²) in [4.78, 5) is 0. The summed E-state index contributed by atoms with van der Waals surface area (Å²) >= 11 is 6.12. The van der Waals surface area contributed by atoms with Crippen molar-refractivity contribution >= 4 is 11.6 Å². The summed E-state index contributed by atoms with van der Waals surface area (Å²) in [5.74, 6) is 1.48. The van der Waals surface area contributed by atoms with Gasteiger partial charge in [-0.3, -0.25) is 0 Å². The predicted octanol–water partition coefficient (Wildman–Crippen LogP) is 3.25. The smallest absolute Gasteiger partial charge is 0.157 e. The Labute approximate surface area is 118 Å². The third-order valence-electron chi connectivity index (χ3n) is 3.30. The Hall–Kier alpha value is -1.42. The minimum absolute atomic E-state index is 0.0392. The molecule has 19 heavy (non-hydrogen) atoms. The first-order valence-corrected chi connectivity index (χ1v) is 7.10. The van der Waals surface area contributed by atoms with Crippen LogP contribution < -0.4 is 0 Å². The van der Waals surface area contributed by atoms with Crippen LogP contribution in [0.5, 0.6) is 0 Å². The molecule has 1 aromatic heterocycles. The summed E-state index contributed by atoms with van der Waals surface area (Å²) in [6, 6.07) is 9.93. The first-order chi connectivity index (χ1) is 9.18. The van der Waals surface area contributed by atoms with Crippen molar-refractivity contribution in [2.24, 2.45) is 5.41 Å². The number of para-hydroxylation sites is 1. The van der Waals surface area contributed by atoms with Crippen LogP contribution in [0.1, 0.15) is 32.5 Å². The maximum absolute atomic E-state index is 6.12. The number of hydrogen-bond donors (Lipinski definition) is 0. The van der Waals surface area contributed by atoms with Gasteiger partial charge in [-0.25, -0.2) is 0 Å². The number of nitrogens with zero attached hydrogens (tertiary/aromatic N) is 4. The maximum atomic E-state index is 6.12. The summed E-state index contributed by atoms with van der Waals surface area (Å²) in [5, 5.41) is 12.0. The predicted molar refractivity (Wildman–Crippen MR) is 76.6 cm³/mol. The van der Waals surface area contributed by atoms with Gasteiger partial charge in [0.25, 0.3) is 0 Å². The van der Waals surface area contributed by atoms with E-state index in [0.717, 1.165) is 30.8 Å². The Morgan fingerprint density at radius 3 is 2.63 bits per heavy atom. The van der Waals surface area contributed by atoms with Gasteiger partial charge in [0.1, 0.15) is 0 Å².